The lowest BCUT2D eigenvalue weighted by Crippen LogP contribution is -2.59. The number of nitrogens with zero attached hydrogens (tertiary/aromatic N) is 8. The van der Waals surface area contributed by atoms with E-state index in [-0.39, 0.29) is 64.8 Å². The van der Waals surface area contributed by atoms with E-state index in [2.05, 4.69) is 73.1 Å². The molecule has 0 aliphatic carbocycles. The molecule has 6 aliphatic heterocycles. The second kappa shape index (κ2) is 33.8. The topological polar surface area (TPSA) is 428 Å². The van der Waals surface area contributed by atoms with Crippen molar-refractivity contribution in [2.45, 2.75) is 172 Å². The second-order valence-corrected chi connectivity index (χ2v) is 28.1. The average molecular weight is 1460 g/mol. The van der Waals surface area contributed by atoms with Crippen molar-refractivity contribution in [2.24, 2.45) is 11.8 Å². The van der Waals surface area contributed by atoms with Gasteiger partial charge in [-0.15, -0.1) is 10.2 Å². The summed E-state index contributed by atoms with van der Waals surface area (Å²) in [6.45, 7) is 9.97. The minimum Gasteiger partial charge on any atom is -0.487 e. The molecule has 2 fully saturated rings. The van der Waals surface area contributed by atoms with Crippen LogP contribution in [0.2, 0.25) is 0 Å². The number of hydrogen-bond donors (Lipinski definition) is 13. The minimum atomic E-state index is -2.09. The lowest BCUT2D eigenvalue weighted by atomic mass is 10.0. The van der Waals surface area contributed by atoms with Crippen molar-refractivity contribution in [3.05, 3.63) is 155 Å². The lowest BCUT2D eigenvalue weighted by Gasteiger charge is -2.32. The zero-order chi connectivity index (χ0) is 75.6. The first-order valence-electron chi connectivity index (χ1n) is 35.5. The first-order chi connectivity index (χ1) is 50.8. The van der Waals surface area contributed by atoms with E-state index in [1.165, 1.54) is 19.2 Å². The number of amides is 8. The predicted octanol–water partition coefficient (Wildman–Crippen LogP) is 1.39. The van der Waals surface area contributed by atoms with Crippen LogP contribution in [0.25, 0.3) is 21.8 Å². The van der Waals surface area contributed by atoms with E-state index in [0.29, 0.717) is 45.1 Å². The lowest BCUT2D eigenvalue weighted by molar-refractivity contribution is -0.144. The molecule has 32 nitrogen and oxygen atoms in total. The number of para-hydroxylation sites is 2. The first kappa shape index (κ1) is 76.1. The smallest absolute Gasteiger partial charge is 0.326 e. The summed E-state index contributed by atoms with van der Waals surface area (Å²) in [7, 11) is 3.22. The van der Waals surface area contributed by atoms with Crippen LogP contribution < -0.4 is 52.0 Å². The average Bonchev–Trinajstić information content (AvgIpc) is 1.64. The number of aliphatic hydroxyl groups excluding tert-OH is 1. The summed E-state index contributed by atoms with van der Waals surface area (Å²) in [5.74, 6) is -6.60. The molecular formula is C74H92N18O14. The molecule has 0 spiro atoms. The Kier molecular flexibility index (Phi) is 24.2. The van der Waals surface area contributed by atoms with Crippen LogP contribution in [0.1, 0.15) is 100 Å². The van der Waals surface area contributed by atoms with E-state index in [0.717, 1.165) is 21.8 Å². The Morgan fingerprint density at radius 3 is 1.37 bits per heavy atom. The molecule has 2 saturated heterocycles. The molecule has 0 saturated carbocycles. The van der Waals surface area contributed by atoms with Crippen LogP contribution in [0.5, 0.6) is 11.5 Å². The number of nitrogens with one attached hydrogen (secondary N) is 10. The predicted molar refractivity (Wildman–Crippen MR) is 385 cm³/mol. The van der Waals surface area contributed by atoms with E-state index in [9.17, 15) is 48.9 Å². The molecule has 8 aromatic rings. The Morgan fingerprint density at radius 2 is 0.962 bits per heavy atom. The Labute approximate surface area is 610 Å². The van der Waals surface area contributed by atoms with Crippen LogP contribution in [0.3, 0.4) is 0 Å². The van der Waals surface area contributed by atoms with Crippen molar-refractivity contribution in [3.8, 4) is 11.5 Å². The summed E-state index contributed by atoms with van der Waals surface area (Å²) in [5, 5.41) is 74.4. The third-order valence-electron chi connectivity index (χ3n) is 20.0. The highest BCUT2D eigenvalue weighted by atomic mass is 16.5. The van der Waals surface area contributed by atoms with E-state index in [4.69, 9.17) is 9.47 Å². The van der Waals surface area contributed by atoms with Crippen LogP contribution >= 0.6 is 0 Å². The fourth-order valence-corrected chi connectivity index (χ4v) is 13.5. The number of carbonyl (C=O) groups excluding carboxylic acids is 8. The highest BCUT2D eigenvalue weighted by Crippen LogP contribution is 2.33. The Balaban J connectivity index is 0.911. The number of carbonyl (C=O) groups is 9. The Bertz CT molecular complexity index is 4460. The summed E-state index contributed by atoms with van der Waals surface area (Å²) in [5.41, 5.74) is 4.55. The third kappa shape index (κ3) is 18.0. The zero-order valence-corrected chi connectivity index (χ0v) is 60.2. The number of benzene rings is 4. The van der Waals surface area contributed by atoms with Gasteiger partial charge in [0.25, 0.3) is 0 Å². The number of H-pyrrole nitrogens is 2. The van der Waals surface area contributed by atoms with Crippen molar-refractivity contribution < 1.29 is 67.9 Å². The quantitative estimate of drug-likeness (QED) is 0.0608. The zero-order valence-electron chi connectivity index (χ0n) is 60.2. The van der Waals surface area contributed by atoms with Gasteiger partial charge >= 0.3 is 5.97 Å². The van der Waals surface area contributed by atoms with Crippen molar-refractivity contribution in [2.75, 3.05) is 27.2 Å². The number of rotatable bonds is 16. The number of aromatic amines is 2. The highest BCUT2D eigenvalue weighted by Gasteiger charge is 2.47. The minimum absolute atomic E-state index is 0.0220. The van der Waals surface area contributed by atoms with Gasteiger partial charge in [0.2, 0.25) is 47.3 Å². The van der Waals surface area contributed by atoms with Crippen LogP contribution in [0.4, 0.5) is 0 Å². The molecule has 106 heavy (non-hydrogen) atoms. The molecule has 12 bridgehead atoms. The van der Waals surface area contributed by atoms with E-state index < -0.39 is 144 Å². The van der Waals surface area contributed by atoms with Crippen LogP contribution in [0, 0.1) is 11.8 Å². The van der Waals surface area contributed by atoms with Crippen LogP contribution in [-0.4, -0.2) is 212 Å². The number of ether oxygens (including phenoxy) is 2. The number of aromatic nitrogens is 8. The number of carboxylic acid groups (broad SMARTS) is 1. The van der Waals surface area contributed by atoms with Crippen molar-refractivity contribution >= 4 is 75.0 Å². The fourth-order valence-electron chi connectivity index (χ4n) is 13.5. The molecule has 562 valence electrons. The van der Waals surface area contributed by atoms with Gasteiger partial charge in [0, 0.05) is 79.4 Å². The molecule has 12 atom stereocenters. The molecular weight excluding hydrogens is 1360 g/mol. The summed E-state index contributed by atoms with van der Waals surface area (Å²) in [4.78, 5) is 139. The summed E-state index contributed by atoms with van der Waals surface area (Å²) >= 11 is 0. The maximum absolute atomic E-state index is 15.2. The summed E-state index contributed by atoms with van der Waals surface area (Å²) < 4.78 is 15.3. The van der Waals surface area contributed by atoms with Gasteiger partial charge in [0.15, 0.2) is 6.29 Å². The largest absolute Gasteiger partial charge is 0.487 e. The number of aliphatic hydroxyl groups is 2. The standard InChI is InChI=1S/C74H92N18O14/c1-39(2)63(83-65(93)41(5)75-7)71(99)89-35-49-29-61(89)69(97)79-57(27-45-31-77-55-15-11-9-13-53(45)55)67(95)81-59(73(101)102)25-43-19-23-52(24-20-43)106-38-48-34-92(88-86-48)50-30-62(90(36-50)72(100)64(40(3)4)84-66(94)42(6)76-8)70(98)80-58(28-46-32-78-56-16-12-10-14-54(46)56)68(96)82-60(74(103)104)26-44-17-21-51(22-18-44)105-37-47-33-91(49)87-85-47/h9-24,31-34,39-42,49-50,57-64,73,75-78,101-102H,25-30,35-38H2,1-8H3,(H,79,97)(H,80,98)(H,81,95)(H,82,96)(H,83,93)(H,84,94)(H,103,104). The fraction of sp³-hybridized carbons (Fsp3) is 0.446. The molecule has 32 heteroatoms. The first-order valence-corrected chi connectivity index (χ1v) is 35.5. The Hall–Kier alpha value is -11.1. The molecule has 13 N–H and O–H groups in total. The van der Waals surface area contributed by atoms with Gasteiger partial charge in [-0.25, -0.2) is 14.2 Å². The van der Waals surface area contributed by atoms with Gasteiger partial charge in [-0.1, -0.05) is 98.8 Å². The van der Waals surface area contributed by atoms with Gasteiger partial charge in [-0.05, 0) is 105 Å². The Morgan fingerprint density at radius 1 is 0.547 bits per heavy atom. The number of fused-ring (bicyclic) bond motifs is 2. The molecule has 12 unspecified atom stereocenters. The molecule has 4 aromatic heterocycles. The van der Waals surface area contributed by atoms with Crippen molar-refractivity contribution in [1.82, 2.24) is 92.3 Å². The third-order valence-corrected chi connectivity index (χ3v) is 20.0. The molecule has 4 aromatic carbocycles. The van der Waals surface area contributed by atoms with Crippen LogP contribution in [0.15, 0.2) is 122 Å². The monoisotopic (exact) mass is 1460 g/mol. The maximum Gasteiger partial charge on any atom is 0.326 e. The summed E-state index contributed by atoms with van der Waals surface area (Å²) in [6.07, 6.45) is 4.02. The number of carboxylic acids is 1. The number of hydrogen-bond acceptors (Lipinski definition) is 19. The van der Waals surface area contributed by atoms with E-state index >= 15 is 9.59 Å². The molecule has 10 heterocycles. The van der Waals surface area contributed by atoms with Gasteiger partial charge < -0.3 is 87.1 Å². The highest BCUT2D eigenvalue weighted by molar-refractivity contribution is 5.98. The summed E-state index contributed by atoms with van der Waals surface area (Å²) in [6, 6.07) is 14.9. The van der Waals surface area contributed by atoms with Gasteiger partial charge in [-0.2, -0.15) is 0 Å². The SMILES string of the molecule is CNC(C)C(=O)NC(C(=O)N1CC2CC1C(=O)NC(Cc1c[nH]c3ccccc13)C(=O)NC(C(=O)O)Cc1ccc(cc1)OCc1cn(nn1)C1CC(C(=O)NC(Cc3c[nH]c4ccccc34)C(=O)NC(C(O)O)Cc3ccc(cc3)OCc3cn2nn3)N(C(=O)C(NC(=O)C(C)NC)C(C)C)C1)C(C)C. The van der Waals surface area contributed by atoms with Gasteiger partial charge in [0.1, 0.15) is 78.4 Å². The number of aliphatic carboxylic acids is 1. The normalized spacial score (nSPS) is 22.0. The maximum atomic E-state index is 15.2. The number of likely N-dealkylation sites (N-methyl/N-ethyl adjacent to an activating group) is 2. The molecule has 6 aliphatic rings. The van der Waals surface area contributed by atoms with E-state index in [1.54, 1.807) is 129 Å². The van der Waals surface area contributed by atoms with E-state index in [1.807, 2.05) is 48.5 Å². The second-order valence-electron chi connectivity index (χ2n) is 28.1. The molecule has 8 amide bonds. The van der Waals surface area contributed by atoms with Crippen molar-refractivity contribution in [3.63, 3.8) is 0 Å². The molecule has 0 radical (unpaired) electrons. The van der Waals surface area contributed by atoms with Gasteiger partial charge in [-0.3, -0.25) is 38.4 Å². The number of likely N-dealkylation sites (tertiary alicyclic amines) is 2. The molecule has 14 rings (SSSR count). The van der Waals surface area contributed by atoms with Crippen LogP contribution in [-0.2, 0) is 82.0 Å². The van der Waals surface area contributed by atoms with Gasteiger partial charge in [0.05, 0.1) is 42.6 Å². The van der Waals surface area contributed by atoms with Crippen molar-refractivity contribution in [1.29, 1.82) is 0 Å².